The van der Waals surface area contributed by atoms with Crippen LogP contribution in [0.3, 0.4) is 0 Å². The Balaban J connectivity index is 3.28. The summed E-state index contributed by atoms with van der Waals surface area (Å²) in [5.74, 6) is 1.21. The lowest BCUT2D eigenvalue weighted by atomic mass is 9.92. The van der Waals surface area contributed by atoms with E-state index in [4.69, 9.17) is 0 Å². The van der Waals surface area contributed by atoms with Gasteiger partial charge in [-0.05, 0) is 57.4 Å². The highest BCUT2D eigenvalue weighted by Gasteiger charge is 2.21. The van der Waals surface area contributed by atoms with Gasteiger partial charge in [-0.3, -0.25) is 4.79 Å². The molecule has 0 aliphatic rings. The summed E-state index contributed by atoms with van der Waals surface area (Å²) in [6.45, 7) is 18.9. The van der Waals surface area contributed by atoms with Crippen LogP contribution in [-0.4, -0.2) is 17.4 Å². The van der Waals surface area contributed by atoms with Crippen molar-refractivity contribution in [3.05, 3.63) is 58.2 Å². The Bertz CT molecular complexity index is 696. The van der Waals surface area contributed by atoms with Crippen molar-refractivity contribution in [2.75, 3.05) is 6.54 Å². The summed E-state index contributed by atoms with van der Waals surface area (Å²) in [5, 5.41) is 0. The van der Waals surface area contributed by atoms with E-state index < -0.39 is 0 Å². The molecular formula is C27H43NO. The average Bonchev–Trinajstić information content (AvgIpc) is 2.74. The molecule has 0 aromatic heterocycles. The summed E-state index contributed by atoms with van der Waals surface area (Å²) in [5.41, 5.74) is 5.82. The Labute approximate surface area is 180 Å². The molecule has 0 bridgehead atoms. The van der Waals surface area contributed by atoms with Crippen molar-refractivity contribution in [3.63, 3.8) is 0 Å². The van der Waals surface area contributed by atoms with Gasteiger partial charge in [0.25, 0.3) is 5.91 Å². The van der Waals surface area contributed by atoms with E-state index in [-0.39, 0.29) is 5.91 Å². The van der Waals surface area contributed by atoms with Gasteiger partial charge in [-0.1, -0.05) is 88.1 Å². The van der Waals surface area contributed by atoms with Gasteiger partial charge in [0.1, 0.15) is 0 Å². The molecule has 0 N–H and O–H groups in total. The number of hydrogen-bond acceptors (Lipinski definition) is 1. The predicted molar refractivity (Wildman–Crippen MR) is 127 cm³/mol. The molecule has 0 radical (unpaired) electrons. The van der Waals surface area contributed by atoms with Crippen molar-refractivity contribution in [1.29, 1.82) is 0 Å². The van der Waals surface area contributed by atoms with Gasteiger partial charge in [0.2, 0.25) is 0 Å². The van der Waals surface area contributed by atoms with Gasteiger partial charge >= 0.3 is 0 Å². The van der Waals surface area contributed by atoms with E-state index >= 15 is 0 Å². The summed E-state index contributed by atoms with van der Waals surface area (Å²) in [6, 6.07) is 8.57. The molecule has 1 aromatic rings. The Morgan fingerprint density at radius 3 is 2.17 bits per heavy atom. The largest absolute Gasteiger partial charge is 0.334 e. The summed E-state index contributed by atoms with van der Waals surface area (Å²) < 4.78 is 0. The first-order valence-electron chi connectivity index (χ1n) is 11.5. The second-order valence-electron chi connectivity index (χ2n) is 8.76. The lowest BCUT2D eigenvalue weighted by Gasteiger charge is -2.27. The topological polar surface area (TPSA) is 20.3 Å². The first-order valence-corrected chi connectivity index (χ1v) is 11.5. The van der Waals surface area contributed by atoms with Crippen molar-refractivity contribution >= 4 is 5.91 Å². The van der Waals surface area contributed by atoms with Gasteiger partial charge in [-0.25, -0.2) is 0 Å². The van der Waals surface area contributed by atoms with Crippen molar-refractivity contribution in [1.82, 2.24) is 4.90 Å². The fraction of sp³-hybridized carbons (Fsp3) is 0.593. The normalized spacial score (nSPS) is 15.0. The quantitative estimate of drug-likeness (QED) is 0.280. The van der Waals surface area contributed by atoms with Crippen molar-refractivity contribution in [2.45, 2.75) is 87.6 Å². The Hall–Kier alpha value is -1.83. The van der Waals surface area contributed by atoms with Crippen molar-refractivity contribution in [2.24, 2.45) is 11.8 Å². The fourth-order valence-corrected chi connectivity index (χ4v) is 3.18. The van der Waals surface area contributed by atoms with Gasteiger partial charge in [-0.15, -0.1) is 0 Å². The minimum absolute atomic E-state index is 0.180. The zero-order chi connectivity index (χ0) is 22.0. The molecule has 0 aliphatic carbocycles. The smallest absolute Gasteiger partial charge is 0.254 e. The van der Waals surface area contributed by atoms with Crippen LogP contribution in [0, 0.1) is 18.8 Å². The third kappa shape index (κ3) is 8.20. The first-order chi connectivity index (χ1) is 13.7. The number of benzene rings is 1. The van der Waals surface area contributed by atoms with E-state index in [9.17, 15) is 4.79 Å². The van der Waals surface area contributed by atoms with Crippen LogP contribution in [0.1, 0.15) is 85.3 Å². The van der Waals surface area contributed by atoms with Crippen LogP contribution in [0.5, 0.6) is 0 Å². The number of hydrogen-bond donors (Lipinski definition) is 0. The number of carbonyl (C=O) groups is 1. The standard InChI is InChI=1S/C27H43NO/c1-9-20(4)16-17-28(19-25-14-12-22(6)13-15-25)27(29)26(18-21(5)10-2)24(8)23(7)11-3/h12-15,18,20,23H,9-11,16-17,19H2,1-8H3/b21-18-,26-24+. The lowest BCUT2D eigenvalue weighted by molar-refractivity contribution is -0.127. The molecule has 2 atom stereocenters. The zero-order valence-corrected chi connectivity index (χ0v) is 20.1. The molecule has 1 amide bonds. The third-order valence-corrected chi connectivity index (χ3v) is 6.33. The molecule has 29 heavy (non-hydrogen) atoms. The van der Waals surface area contributed by atoms with E-state index in [1.165, 1.54) is 22.3 Å². The second kappa shape index (κ2) is 12.7. The molecule has 2 nitrogen and oxygen atoms in total. The maximum Gasteiger partial charge on any atom is 0.254 e. The van der Waals surface area contributed by atoms with Gasteiger partial charge in [0, 0.05) is 18.7 Å². The summed E-state index contributed by atoms with van der Waals surface area (Å²) >= 11 is 0. The van der Waals surface area contributed by atoms with Crippen LogP contribution < -0.4 is 0 Å². The highest BCUT2D eigenvalue weighted by Crippen LogP contribution is 2.24. The van der Waals surface area contributed by atoms with Crippen LogP contribution in [0.25, 0.3) is 0 Å². The van der Waals surface area contributed by atoms with E-state index in [1.807, 2.05) is 0 Å². The fourth-order valence-electron chi connectivity index (χ4n) is 3.18. The van der Waals surface area contributed by atoms with Crippen LogP contribution in [0.15, 0.2) is 47.1 Å². The zero-order valence-electron chi connectivity index (χ0n) is 20.1. The minimum atomic E-state index is 0.180. The van der Waals surface area contributed by atoms with Crippen molar-refractivity contribution in [3.8, 4) is 0 Å². The van der Waals surface area contributed by atoms with Crippen molar-refractivity contribution < 1.29 is 4.79 Å². The number of rotatable bonds is 11. The predicted octanol–water partition coefficient (Wildman–Crippen LogP) is 7.48. The molecule has 2 unspecified atom stereocenters. The molecule has 1 rings (SSSR count). The molecule has 0 spiro atoms. The Kier molecular flexibility index (Phi) is 11.0. The van der Waals surface area contributed by atoms with E-state index in [0.29, 0.717) is 18.4 Å². The van der Waals surface area contributed by atoms with Gasteiger partial charge in [0.15, 0.2) is 0 Å². The summed E-state index contributed by atoms with van der Waals surface area (Å²) in [4.78, 5) is 15.8. The van der Waals surface area contributed by atoms with Gasteiger partial charge < -0.3 is 4.90 Å². The van der Waals surface area contributed by atoms with Crippen LogP contribution in [-0.2, 0) is 11.3 Å². The number of carbonyl (C=O) groups excluding carboxylic acids is 1. The van der Waals surface area contributed by atoms with Crippen LogP contribution in [0.4, 0.5) is 0 Å². The maximum absolute atomic E-state index is 13.8. The van der Waals surface area contributed by atoms with Crippen LogP contribution in [0.2, 0.25) is 0 Å². The minimum Gasteiger partial charge on any atom is -0.334 e. The molecule has 162 valence electrons. The Morgan fingerprint density at radius 1 is 1.03 bits per heavy atom. The average molecular weight is 398 g/mol. The monoisotopic (exact) mass is 397 g/mol. The van der Waals surface area contributed by atoms with E-state index in [1.54, 1.807) is 0 Å². The van der Waals surface area contributed by atoms with Gasteiger partial charge in [-0.2, -0.15) is 0 Å². The number of amides is 1. The highest BCUT2D eigenvalue weighted by molar-refractivity contribution is 5.97. The molecule has 0 aliphatic heterocycles. The third-order valence-electron chi connectivity index (χ3n) is 6.33. The lowest BCUT2D eigenvalue weighted by Crippen LogP contribution is -2.34. The second-order valence-corrected chi connectivity index (χ2v) is 8.76. The molecule has 0 saturated carbocycles. The first kappa shape index (κ1) is 25.2. The Morgan fingerprint density at radius 2 is 1.66 bits per heavy atom. The summed E-state index contributed by atoms with van der Waals surface area (Å²) in [7, 11) is 0. The number of aryl methyl sites for hydroxylation is 1. The molecule has 0 fully saturated rings. The number of allylic oxidation sites excluding steroid dienone is 2. The van der Waals surface area contributed by atoms with Crippen LogP contribution >= 0.6 is 0 Å². The van der Waals surface area contributed by atoms with E-state index in [2.05, 4.69) is 90.6 Å². The number of nitrogens with zero attached hydrogens (tertiary/aromatic N) is 1. The molecule has 0 heterocycles. The van der Waals surface area contributed by atoms with E-state index in [0.717, 1.165) is 37.8 Å². The summed E-state index contributed by atoms with van der Waals surface area (Å²) in [6.07, 6.45) is 6.34. The molecule has 2 heteroatoms. The maximum atomic E-state index is 13.8. The van der Waals surface area contributed by atoms with Gasteiger partial charge in [0.05, 0.1) is 0 Å². The SMILES string of the molecule is CC/C(C)=C\C(C(=O)N(CCC(C)CC)Cc1ccc(C)cc1)=C(\C)C(C)CC. The molecule has 1 aromatic carbocycles. The molecule has 0 saturated heterocycles. The highest BCUT2D eigenvalue weighted by atomic mass is 16.2. The molecular weight excluding hydrogens is 354 g/mol.